The van der Waals surface area contributed by atoms with Gasteiger partial charge >= 0.3 is 0 Å². The number of rotatable bonds is 0. The van der Waals surface area contributed by atoms with E-state index in [2.05, 4.69) is 4.99 Å². The number of hydrogen-bond donors (Lipinski definition) is 0. The number of hydrogen-bond acceptors (Lipinski definition) is 4. The van der Waals surface area contributed by atoms with Crippen LogP contribution in [-0.2, 0) is 10.3 Å². The first-order valence-electron chi connectivity index (χ1n) is 3.79. The van der Waals surface area contributed by atoms with Crippen molar-refractivity contribution in [3.63, 3.8) is 0 Å². The van der Waals surface area contributed by atoms with E-state index in [0.717, 1.165) is 0 Å². The van der Waals surface area contributed by atoms with E-state index in [1.807, 2.05) is 0 Å². The van der Waals surface area contributed by atoms with Crippen molar-refractivity contribution in [3.8, 4) is 6.07 Å². The molecule has 4 nitrogen and oxygen atoms in total. The molecule has 0 N–H and O–H groups in total. The summed E-state index contributed by atoms with van der Waals surface area (Å²) in [6.07, 6.45) is 0. The molecule has 1 aliphatic rings. The maximum Gasteiger partial charge on any atom is 0.225 e. The molecule has 0 fully saturated rings. The monoisotopic (exact) mass is 204 g/mol. The molecule has 1 aliphatic heterocycles. The first-order chi connectivity index (χ1) is 6.74. The van der Waals surface area contributed by atoms with E-state index in [9.17, 15) is 8.42 Å². The van der Waals surface area contributed by atoms with Crippen molar-refractivity contribution in [2.75, 3.05) is 0 Å². The highest BCUT2D eigenvalue weighted by atomic mass is 32.2. The second-order valence-electron chi connectivity index (χ2n) is 2.65. The average Bonchev–Trinajstić information content (AvgIpc) is 2.55. The average molecular weight is 204 g/mol. The fourth-order valence-corrected chi connectivity index (χ4v) is 1.91. The molecule has 0 amide bonds. The molecule has 0 atom stereocenters. The summed E-state index contributed by atoms with van der Waals surface area (Å²) in [5.74, 6) is 0. The molecule has 5 heteroatoms. The summed E-state index contributed by atoms with van der Waals surface area (Å²) in [4.78, 5) is 3.89. The number of benzene rings is 1. The maximum atomic E-state index is 10.9. The molecule has 0 spiro atoms. The van der Waals surface area contributed by atoms with Crippen molar-refractivity contribution in [1.82, 2.24) is 0 Å². The minimum Gasteiger partial charge on any atom is -0.235 e. The summed E-state index contributed by atoms with van der Waals surface area (Å²) in [7, 11) is -2.42. The van der Waals surface area contributed by atoms with Crippen molar-refractivity contribution < 1.29 is 8.42 Å². The lowest BCUT2D eigenvalue weighted by molar-refractivity contribution is 0.627. The summed E-state index contributed by atoms with van der Waals surface area (Å²) in [5, 5.41) is 8.68. The summed E-state index contributed by atoms with van der Waals surface area (Å²) in [6.45, 7) is 0. The van der Waals surface area contributed by atoms with Crippen molar-refractivity contribution in [1.29, 1.82) is 5.26 Å². The maximum absolute atomic E-state index is 10.9. The van der Waals surface area contributed by atoms with Crippen molar-refractivity contribution in [2.24, 2.45) is 4.99 Å². The zero-order chi connectivity index (χ0) is 10.1. The topological polar surface area (TPSA) is 70.3 Å². The molecule has 0 radical (unpaired) electrons. The van der Waals surface area contributed by atoms with E-state index >= 15 is 0 Å². The molecule has 0 unspecified atom stereocenters. The van der Waals surface area contributed by atoms with Gasteiger partial charge in [-0.05, 0) is 6.07 Å². The Morgan fingerprint density at radius 2 is 2.00 bits per heavy atom. The predicted octanol–water partition coefficient (Wildman–Crippen LogP) is 0.696. The molecule has 0 aromatic heterocycles. The highest BCUT2D eigenvalue weighted by molar-refractivity contribution is 7.75. The fraction of sp³-hybridized carbons (Fsp3) is 0. The molecule has 0 saturated heterocycles. The Balaban J connectivity index is 2.85. The molecule has 0 aliphatic carbocycles. The molecule has 1 heterocycles. The van der Waals surface area contributed by atoms with Crippen LogP contribution in [0.15, 0.2) is 29.3 Å². The van der Waals surface area contributed by atoms with E-state index < -0.39 is 10.3 Å². The quantitative estimate of drug-likeness (QED) is 0.584. The van der Waals surface area contributed by atoms with Crippen molar-refractivity contribution in [2.45, 2.75) is 0 Å². The third-order valence-electron chi connectivity index (χ3n) is 1.87. The second kappa shape index (κ2) is 3.09. The summed E-state index contributed by atoms with van der Waals surface area (Å²) >= 11 is 0. The van der Waals surface area contributed by atoms with Gasteiger partial charge in [0.05, 0.1) is 5.69 Å². The van der Waals surface area contributed by atoms with Crippen LogP contribution in [0.2, 0.25) is 0 Å². The molecular weight excluding hydrogens is 200 g/mol. The zero-order valence-electron chi connectivity index (χ0n) is 6.93. The minimum atomic E-state index is -2.42. The van der Waals surface area contributed by atoms with Gasteiger partial charge in [-0.25, -0.2) is 4.99 Å². The van der Waals surface area contributed by atoms with Crippen molar-refractivity contribution >= 4 is 26.6 Å². The van der Waals surface area contributed by atoms with Crippen LogP contribution < -0.4 is 0 Å². The Morgan fingerprint density at radius 1 is 1.29 bits per heavy atom. The van der Waals surface area contributed by atoms with Gasteiger partial charge in [0.1, 0.15) is 10.9 Å². The van der Waals surface area contributed by atoms with E-state index in [1.54, 1.807) is 30.3 Å². The van der Waals surface area contributed by atoms with Crippen LogP contribution in [0.1, 0.15) is 5.56 Å². The van der Waals surface area contributed by atoms with Crippen LogP contribution in [0.4, 0.5) is 5.69 Å². The van der Waals surface area contributed by atoms with Gasteiger partial charge in [-0.2, -0.15) is 13.7 Å². The van der Waals surface area contributed by atoms with Gasteiger partial charge in [-0.1, -0.05) is 18.2 Å². The van der Waals surface area contributed by atoms with E-state index in [4.69, 9.17) is 5.26 Å². The van der Waals surface area contributed by atoms with Crippen LogP contribution in [0.25, 0.3) is 0 Å². The van der Waals surface area contributed by atoms with E-state index in [0.29, 0.717) is 11.3 Å². The predicted molar refractivity (Wildman–Crippen MR) is 52.2 cm³/mol. The fourth-order valence-electron chi connectivity index (χ4n) is 1.31. The van der Waals surface area contributed by atoms with Crippen LogP contribution >= 0.6 is 0 Å². The molecule has 14 heavy (non-hydrogen) atoms. The molecule has 2 rings (SSSR count). The number of para-hydroxylation sites is 1. The van der Waals surface area contributed by atoms with Crippen LogP contribution in [0, 0.1) is 11.3 Å². The Bertz CT molecular complexity index is 598. The van der Waals surface area contributed by atoms with Gasteiger partial charge in [-0.3, -0.25) is 0 Å². The summed E-state index contributed by atoms with van der Waals surface area (Å²) in [6, 6.07) is 8.52. The normalized spacial score (nSPS) is 13.1. The summed E-state index contributed by atoms with van der Waals surface area (Å²) in [5.41, 5.74) is 0.986. The minimum absolute atomic E-state index is 0.0110. The Kier molecular flexibility index (Phi) is 1.91. The Morgan fingerprint density at radius 3 is 2.64 bits per heavy atom. The lowest BCUT2D eigenvalue weighted by Crippen LogP contribution is -2.09. The Hall–Kier alpha value is -1.93. The second-order valence-corrected chi connectivity index (χ2v) is 3.53. The molecule has 68 valence electrons. The van der Waals surface area contributed by atoms with Gasteiger partial charge in [0, 0.05) is 5.56 Å². The first kappa shape index (κ1) is 8.66. The summed E-state index contributed by atoms with van der Waals surface area (Å²) < 4.78 is 21.7. The molecular formula is C9H4N2O2S. The molecule has 1 aromatic rings. The van der Waals surface area contributed by atoms with Crippen LogP contribution in [0.5, 0.6) is 0 Å². The van der Waals surface area contributed by atoms with Gasteiger partial charge in [0.15, 0.2) is 5.71 Å². The highest BCUT2D eigenvalue weighted by Gasteiger charge is 2.22. The number of aliphatic imine (C=N–C) groups is 1. The van der Waals surface area contributed by atoms with Gasteiger partial charge in [0.2, 0.25) is 10.3 Å². The standard InChI is InChI=1S/C9H4N2O2S/c10-5-8-9(14(12)13)6-3-1-2-4-7(6)11-8/h1-4H. The SMILES string of the molecule is N#CC1=Nc2ccccc2C1=S(=O)=O. The van der Waals surface area contributed by atoms with Crippen LogP contribution in [-0.4, -0.2) is 19.0 Å². The lowest BCUT2D eigenvalue weighted by Gasteiger charge is -1.92. The van der Waals surface area contributed by atoms with Gasteiger partial charge in [0.25, 0.3) is 0 Å². The molecule has 0 bridgehead atoms. The largest absolute Gasteiger partial charge is 0.235 e. The first-order valence-corrected chi connectivity index (χ1v) is 4.86. The number of nitrogens with zero attached hydrogens (tertiary/aromatic N) is 2. The molecule has 1 aromatic carbocycles. The van der Waals surface area contributed by atoms with Crippen LogP contribution in [0.3, 0.4) is 0 Å². The lowest BCUT2D eigenvalue weighted by atomic mass is 10.1. The third-order valence-corrected chi connectivity index (χ3v) is 2.62. The van der Waals surface area contributed by atoms with Gasteiger partial charge in [-0.15, -0.1) is 0 Å². The van der Waals surface area contributed by atoms with E-state index in [-0.39, 0.29) is 10.6 Å². The smallest absolute Gasteiger partial charge is 0.225 e. The van der Waals surface area contributed by atoms with Gasteiger partial charge < -0.3 is 0 Å². The Labute approximate surface area is 81.7 Å². The highest BCUT2D eigenvalue weighted by Crippen LogP contribution is 2.25. The molecule has 0 saturated carbocycles. The zero-order valence-corrected chi connectivity index (χ0v) is 7.75. The third kappa shape index (κ3) is 1.13. The number of fused-ring (bicyclic) bond motifs is 1. The van der Waals surface area contributed by atoms with E-state index in [1.165, 1.54) is 0 Å². The number of nitriles is 1. The van der Waals surface area contributed by atoms with Crippen molar-refractivity contribution in [3.05, 3.63) is 29.8 Å².